The molecule has 0 bridgehead atoms. The van der Waals surface area contributed by atoms with Gasteiger partial charge in [0.25, 0.3) is 5.91 Å². The topological polar surface area (TPSA) is 88.7 Å². The van der Waals surface area contributed by atoms with Crippen LogP contribution in [0.1, 0.15) is 33.6 Å². The molecule has 0 saturated carbocycles. The Hall–Kier alpha value is -2.38. The molecule has 1 aromatic carbocycles. The number of carbonyl (C=O) groups is 1. The van der Waals surface area contributed by atoms with Crippen LogP contribution in [0.25, 0.3) is 0 Å². The van der Waals surface area contributed by atoms with Gasteiger partial charge in [0.05, 0.1) is 12.6 Å². The van der Waals surface area contributed by atoms with Crippen molar-refractivity contribution < 1.29 is 9.53 Å². The minimum Gasteiger partial charge on any atom is -0.376 e. The Balaban J connectivity index is 1.45. The van der Waals surface area contributed by atoms with Crippen LogP contribution in [0.15, 0.2) is 46.8 Å². The summed E-state index contributed by atoms with van der Waals surface area (Å²) in [7, 11) is 0. The second-order valence-electron chi connectivity index (χ2n) is 6.50. The highest BCUT2D eigenvalue weighted by molar-refractivity contribution is 7.09. The van der Waals surface area contributed by atoms with E-state index in [9.17, 15) is 4.79 Å². The van der Waals surface area contributed by atoms with E-state index in [-0.39, 0.29) is 12.0 Å². The standard InChI is InChI=1S/C20H26N4O2S/c21-20(22-9-8-18-7-3-11-27-18)24-13-15-4-1-5-16(12-15)19(25)23-14-17-6-2-10-26-17/h1,3-5,7,11-12,17H,2,6,8-10,13-14H2,(H,23,25)(H3,21,22,24). The number of aliphatic imine (C=N–C) groups is 1. The van der Waals surface area contributed by atoms with Crippen LogP contribution < -0.4 is 16.4 Å². The van der Waals surface area contributed by atoms with Crippen LogP contribution in [0.3, 0.4) is 0 Å². The zero-order valence-electron chi connectivity index (χ0n) is 15.3. The Kier molecular flexibility index (Phi) is 7.24. The van der Waals surface area contributed by atoms with Crippen molar-refractivity contribution in [2.24, 2.45) is 10.7 Å². The number of thiophene rings is 1. The molecule has 7 heteroatoms. The second kappa shape index (κ2) is 10.1. The molecule has 144 valence electrons. The summed E-state index contributed by atoms with van der Waals surface area (Å²) in [5, 5.41) is 8.13. The largest absolute Gasteiger partial charge is 0.376 e. The Morgan fingerprint density at radius 2 is 2.22 bits per heavy atom. The maximum Gasteiger partial charge on any atom is 0.251 e. The highest BCUT2D eigenvalue weighted by Crippen LogP contribution is 2.12. The van der Waals surface area contributed by atoms with Crippen molar-refractivity contribution in [3.63, 3.8) is 0 Å². The number of ether oxygens (including phenoxy) is 1. The van der Waals surface area contributed by atoms with E-state index in [0.717, 1.165) is 38.0 Å². The van der Waals surface area contributed by atoms with E-state index in [1.807, 2.05) is 24.3 Å². The lowest BCUT2D eigenvalue weighted by Gasteiger charge is -2.11. The molecular weight excluding hydrogens is 360 g/mol. The normalized spacial score (nSPS) is 17.0. The molecule has 4 N–H and O–H groups in total. The summed E-state index contributed by atoms with van der Waals surface area (Å²) in [5.41, 5.74) is 7.50. The molecule has 27 heavy (non-hydrogen) atoms. The monoisotopic (exact) mass is 386 g/mol. The lowest BCUT2D eigenvalue weighted by molar-refractivity contribution is 0.0857. The van der Waals surface area contributed by atoms with Crippen molar-refractivity contribution in [1.82, 2.24) is 10.6 Å². The van der Waals surface area contributed by atoms with Gasteiger partial charge in [-0.1, -0.05) is 18.2 Å². The van der Waals surface area contributed by atoms with E-state index in [0.29, 0.717) is 24.6 Å². The highest BCUT2D eigenvalue weighted by Gasteiger charge is 2.16. The minimum absolute atomic E-state index is 0.0848. The average molecular weight is 387 g/mol. The van der Waals surface area contributed by atoms with Crippen LogP contribution in [0.4, 0.5) is 0 Å². The van der Waals surface area contributed by atoms with Crippen LogP contribution in [-0.2, 0) is 17.7 Å². The van der Waals surface area contributed by atoms with Gasteiger partial charge in [-0.3, -0.25) is 4.79 Å². The average Bonchev–Trinajstić information content (AvgIpc) is 3.39. The van der Waals surface area contributed by atoms with Crippen LogP contribution in [0.2, 0.25) is 0 Å². The van der Waals surface area contributed by atoms with Crippen LogP contribution in [-0.4, -0.2) is 37.7 Å². The molecule has 3 rings (SSSR count). The fourth-order valence-electron chi connectivity index (χ4n) is 2.93. The van der Waals surface area contributed by atoms with Gasteiger partial charge in [0.15, 0.2) is 5.96 Å². The van der Waals surface area contributed by atoms with E-state index in [1.54, 1.807) is 17.4 Å². The summed E-state index contributed by atoms with van der Waals surface area (Å²) in [6, 6.07) is 11.6. The Bertz CT molecular complexity index is 755. The molecule has 1 amide bonds. The zero-order chi connectivity index (χ0) is 18.9. The molecule has 1 aromatic heterocycles. The predicted octanol–water partition coefficient (Wildman–Crippen LogP) is 2.30. The maximum atomic E-state index is 12.3. The first-order valence-electron chi connectivity index (χ1n) is 9.25. The van der Waals surface area contributed by atoms with E-state index in [2.05, 4.69) is 27.1 Å². The van der Waals surface area contributed by atoms with Crippen LogP contribution in [0, 0.1) is 0 Å². The summed E-state index contributed by atoms with van der Waals surface area (Å²) >= 11 is 1.73. The smallest absolute Gasteiger partial charge is 0.251 e. The summed E-state index contributed by atoms with van der Waals surface area (Å²) in [5.74, 6) is 0.332. The Labute approximate surface area is 163 Å². The fourth-order valence-corrected chi connectivity index (χ4v) is 3.63. The summed E-state index contributed by atoms with van der Waals surface area (Å²) in [6.07, 6.45) is 3.14. The second-order valence-corrected chi connectivity index (χ2v) is 7.54. The number of nitrogens with one attached hydrogen (secondary N) is 2. The van der Waals surface area contributed by atoms with E-state index >= 15 is 0 Å². The number of guanidine groups is 1. The molecule has 1 fully saturated rings. The van der Waals surface area contributed by atoms with Gasteiger partial charge in [0.1, 0.15) is 0 Å². The molecule has 6 nitrogen and oxygen atoms in total. The Morgan fingerprint density at radius 1 is 1.30 bits per heavy atom. The highest BCUT2D eigenvalue weighted by atomic mass is 32.1. The molecule has 1 atom stereocenters. The number of carbonyl (C=O) groups excluding carboxylic acids is 1. The van der Waals surface area contributed by atoms with Gasteiger partial charge in [-0.05, 0) is 48.4 Å². The maximum absolute atomic E-state index is 12.3. The number of hydrogen-bond donors (Lipinski definition) is 3. The molecule has 0 spiro atoms. The van der Waals surface area contributed by atoms with Crippen molar-refractivity contribution in [3.8, 4) is 0 Å². The Morgan fingerprint density at radius 3 is 3.00 bits per heavy atom. The van der Waals surface area contributed by atoms with Gasteiger partial charge in [-0.2, -0.15) is 0 Å². The summed E-state index contributed by atoms with van der Waals surface area (Å²) in [4.78, 5) is 18.0. The molecule has 1 unspecified atom stereocenters. The molecular formula is C20H26N4O2S. The summed E-state index contributed by atoms with van der Waals surface area (Å²) < 4.78 is 5.53. The van der Waals surface area contributed by atoms with E-state index < -0.39 is 0 Å². The van der Waals surface area contributed by atoms with Crippen LogP contribution >= 0.6 is 11.3 Å². The number of amides is 1. The third-order valence-electron chi connectivity index (χ3n) is 4.39. The molecule has 1 aliphatic heterocycles. The number of hydrogen-bond acceptors (Lipinski definition) is 4. The van der Waals surface area contributed by atoms with E-state index in [4.69, 9.17) is 10.5 Å². The van der Waals surface area contributed by atoms with E-state index in [1.165, 1.54) is 4.88 Å². The molecule has 2 aromatic rings. The SMILES string of the molecule is NC(=NCc1cccc(C(=O)NCC2CCCO2)c1)NCCc1cccs1. The van der Waals surface area contributed by atoms with Gasteiger partial charge in [0.2, 0.25) is 0 Å². The van der Waals surface area contributed by atoms with Gasteiger partial charge >= 0.3 is 0 Å². The van der Waals surface area contributed by atoms with Crippen molar-refractivity contribution >= 4 is 23.2 Å². The number of rotatable bonds is 8. The number of benzene rings is 1. The fraction of sp³-hybridized carbons (Fsp3) is 0.400. The summed E-state index contributed by atoms with van der Waals surface area (Å²) in [6.45, 7) is 2.53. The predicted molar refractivity (Wildman–Crippen MR) is 109 cm³/mol. The zero-order valence-corrected chi connectivity index (χ0v) is 16.1. The van der Waals surface area contributed by atoms with Gasteiger partial charge < -0.3 is 21.1 Å². The first-order valence-corrected chi connectivity index (χ1v) is 10.1. The van der Waals surface area contributed by atoms with Crippen molar-refractivity contribution in [2.75, 3.05) is 19.7 Å². The quantitative estimate of drug-likeness (QED) is 0.480. The van der Waals surface area contributed by atoms with Crippen molar-refractivity contribution in [3.05, 3.63) is 57.8 Å². The number of nitrogens with two attached hydrogens (primary N) is 1. The van der Waals surface area contributed by atoms with Gasteiger partial charge in [-0.15, -0.1) is 11.3 Å². The van der Waals surface area contributed by atoms with Crippen molar-refractivity contribution in [2.45, 2.75) is 31.9 Å². The third-order valence-corrected chi connectivity index (χ3v) is 5.33. The minimum atomic E-state index is -0.0848. The molecule has 2 heterocycles. The molecule has 0 radical (unpaired) electrons. The van der Waals surface area contributed by atoms with Gasteiger partial charge in [0, 0.05) is 30.1 Å². The molecule has 1 aliphatic rings. The van der Waals surface area contributed by atoms with Crippen molar-refractivity contribution in [1.29, 1.82) is 0 Å². The lowest BCUT2D eigenvalue weighted by Crippen LogP contribution is -2.33. The lowest BCUT2D eigenvalue weighted by atomic mass is 10.1. The van der Waals surface area contributed by atoms with Gasteiger partial charge in [-0.25, -0.2) is 4.99 Å². The van der Waals surface area contributed by atoms with Crippen LogP contribution in [0.5, 0.6) is 0 Å². The number of nitrogens with zero attached hydrogens (tertiary/aromatic N) is 1. The third kappa shape index (κ3) is 6.37. The first-order chi connectivity index (χ1) is 13.2. The first kappa shape index (κ1) is 19.4. The molecule has 1 saturated heterocycles. The molecule has 0 aliphatic carbocycles.